The standard InChI is InChI=1S/C20H17Cl2N5O3S/c21-12-5-9-1-2-10(6-13(9)26-18(12)23)30-7-14-15(28)16(29)20(31-14)27-4-3-11-17(22)24-8-25-19(11)27/h1-6,8,14-16,20,28-29H,7H2,(H2,23,26). The molecule has 0 aliphatic carbocycles. The van der Waals surface area contributed by atoms with Gasteiger partial charge in [-0.3, -0.25) is 0 Å². The van der Waals surface area contributed by atoms with Crippen molar-refractivity contribution in [2.75, 3.05) is 12.3 Å². The molecule has 3 aromatic heterocycles. The third-order valence-electron chi connectivity index (χ3n) is 5.26. The number of rotatable bonds is 4. The van der Waals surface area contributed by atoms with E-state index in [0.717, 1.165) is 5.39 Å². The maximum Gasteiger partial charge on any atom is 0.145 e. The molecule has 4 heterocycles. The summed E-state index contributed by atoms with van der Waals surface area (Å²) in [6.07, 6.45) is 1.19. The van der Waals surface area contributed by atoms with Gasteiger partial charge in [0.15, 0.2) is 0 Å². The first-order valence-corrected chi connectivity index (χ1v) is 11.1. The largest absolute Gasteiger partial charge is 0.492 e. The molecule has 11 heteroatoms. The van der Waals surface area contributed by atoms with Crippen molar-refractivity contribution >= 4 is 62.7 Å². The number of pyridine rings is 1. The SMILES string of the molecule is Nc1nc2cc(OCC3SC(n4ccc5c(Cl)ncnc54)C(O)C3O)ccc2cc1Cl. The van der Waals surface area contributed by atoms with E-state index in [0.29, 0.717) is 32.5 Å². The third kappa shape index (κ3) is 3.66. The van der Waals surface area contributed by atoms with E-state index in [-0.39, 0.29) is 17.7 Å². The Morgan fingerprint density at radius 1 is 1.13 bits per heavy atom. The van der Waals surface area contributed by atoms with E-state index in [2.05, 4.69) is 15.0 Å². The summed E-state index contributed by atoms with van der Waals surface area (Å²) in [5, 5.41) is 22.8. The van der Waals surface area contributed by atoms with Gasteiger partial charge in [-0.15, -0.1) is 11.8 Å². The van der Waals surface area contributed by atoms with Crippen LogP contribution in [0, 0.1) is 0 Å². The Bertz CT molecular complexity index is 1290. The summed E-state index contributed by atoms with van der Waals surface area (Å²) in [5.41, 5.74) is 7.04. The van der Waals surface area contributed by atoms with Gasteiger partial charge >= 0.3 is 0 Å². The summed E-state index contributed by atoms with van der Waals surface area (Å²) in [7, 11) is 0. The highest BCUT2D eigenvalue weighted by atomic mass is 35.5. The average Bonchev–Trinajstić information content (AvgIpc) is 3.30. The normalized spacial score (nSPS) is 23.6. The molecule has 1 saturated heterocycles. The van der Waals surface area contributed by atoms with Crippen molar-refractivity contribution in [3.63, 3.8) is 0 Å². The van der Waals surface area contributed by atoms with Crippen molar-refractivity contribution in [2.45, 2.75) is 22.8 Å². The van der Waals surface area contributed by atoms with E-state index in [9.17, 15) is 10.2 Å². The summed E-state index contributed by atoms with van der Waals surface area (Å²) in [5.74, 6) is 0.834. The highest BCUT2D eigenvalue weighted by molar-refractivity contribution is 8.00. The number of aliphatic hydroxyl groups is 2. The molecule has 4 unspecified atom stereocenters. The van der Waals surface area contributed by atoms with Gasteiger partial charge < -0.3 is 25.3 Å². The van der Waals surface area contributed by atoms with Gasteiger partial charge in [0.2, 0.25) is 0 Å². The van der Waals surface area contributed by atoms with Crippen LogP contribution in [0.4, 0.5) is 5.82 Å². The zero-order chi connectivity index (χ0) is 21.7. The first kappa shape index (κ1) is 20.6. The number of nitrogen functional groups attached to an aromatic ring is 1. The Morgan fingerprint density at radius 3 is 2.81 bits per heavy atom. The summed E-state index contributed by atoms with van der Waals surface area (Å²) >= 11 is 13.6. The van der Waals surface area contributed by atoms with Crippen LogP contribution in [0.25, 0.3) is 21.9 Å². The van der Waals surface area contributed by atoms with Crippen LogP contribution in [0.5, 0.6) is 5.75 Å². The van der Waals surface area contributed by atoms with Gasteiger partial charge in [-0.25, -0.2) is 15.0 Å². The number of aliphatic hydroxyl groups excluding tert-OH is 2. The second-order valence-corrected chi connectivity index (χ2v) is 9.32. The smallest absolute Gasteiger partial charge is 0.145 e. The van der Waals surface area contributed by atoms with Crippen molar-refractivity contribution in [2.24, 2.45) is 0 Å². The van der Waals surface area contributed by atoms with E-state index in [4.69, 9.17) is 33.7 Å². The summed E-state index contributed by atoms with van der Waals surface area (Å²) in [6, 6.07) is 8.95. The lowest BCUT2D eigenvalue weighted by molar-refractivity contribution is 0.0128. The summed E-state index contributed by atoms with van der Waals surface area (Å²) < 4.78 is 7.70. The molecule has 4 aromatic rings. The van der Waals surface area contributed by atoms with Crippen LogP contribution >= 0.6 is 35.0 Å². The molecule has 0 radical (unpaired) electrons. The minimum Gasteiger partial charge on any atom is -0.492 e. The van der Waals surface area contributed by atoms with Crippen LogP contribution < -0.4 is 10.5 Å². The molecule has 1 aliphatic rings. The molecule has 160 valence electrons. The number of nitrogens with two attached hydrogens (primary N) is 1. The molecule has 0 spiro atoms. The molecule has 0 saturated carbocycles. The molecular weight excluding hydrogens is 461 g/mol. The molecule has 1 aliphatic heterocycles. The number of anilines is 1. The van der Waals surface area contributed by atoms with Gasteiger partial charge in [-0.1, -0.05) is 23.2 Å². The predicted octanol–water partition coefficient (Wildman–Crippen LogP) is 3.28. The van der Waals surface area contributed by atoms with Gasteiger partial charge in [-0.05, 0) is 24.3 Å². The number of hydrogen-bond acceptors (Lipinski definition) is 8. The first-order chi connectivity index (χ1) is 14.9. The number of aromatic nitrogens is 4. The van der Waals surface area contributed by atoms with Gasteiger partial charge in [0.25, 0.3) is 0 Å². The fraction of sp³-hybridized carbons (Fsp3) is 0.250. The average molecular weight is 478 g/mol. The van der Waals surface area contributed by atoms with Gasteiger partial charge in [0.1, 0.15) is 46.8 Å². The van der Waals surface area contributed by atoms with Gasteiger partial charge in [-0.2, -0.15) is 0 Å². The number of fused-ring (bicyclic) bond motifs is 2. The highest BCUT2D eigenvalue weighted by Crippen LogP contribution is 2.43. The third-order valence-corrected chi connectivity index (χ3v) is 7.41. The number of hydrogen-bond donors (Lipinski definition) is 3. The molecule has 5 rings (SSSR count). The molecule has 4 atom stereocenters. The van der Waals surface area contributed by atoms with Crippen molar-refractivity contribution in [1.82, 2.24) is 19.5 Å². The van der Waals surface area contributed by atoms with Crippen molar-refractivity contribution in [3.05, 3.63) is 53.0 Å². The molecule has 0 bridgehead atoms. The molecule has 31 heavy (non-hydrogen) atoms. The Morgan fingerprint density at radius 2 is 1.97 bits per heavy atom. The van der Waals surface area contributed by atoms with Crippen LogP contribution in [0.1, 0.15) is 5.37 Å². The second kappa shape index (κ2) is 7.99. The van der Waals surface area contributed by atoms with Gasteiger partial charge in [0, 0.05) is 17.6 Å². The molecule has 4 N–H and O–H groups in total. The van der Waals surface area contributed by atoms with Crippen LogP contribution in [0.15, 0.2) is 42.9 Å². The first-order valence-electron chi connectivity index (χ1n) is 9.39. The fourth-order valence-electron chi connectivity index (χ4n) is 3.65. The maximum atomic E-state index is 10.7. The van der Waals surface area contributed by atoms with Gasteiger partial charge in [0.05, 0.1) is 27.3 Å². The quantitative estimate of drug-likeness (QED) is 0.383. The Kier molecular flexibility index (Phi) is 5.31. The summed E-state index contributed by atoms with van der Waals surface area (Å²) in [6.45, 7) is 0.197. The number of thioether (sulfide) groups is 1. The molecule has 8 nitrogen and oxygen atoms in total. The number of halogens is 2. The lowest BCUT2D eigenvalue weighted by Gasteiger charge is -2.17. The molecular formula is C20H17Cl2N5O3S. The van der Waals surface area contributed by atoms with Crippen LogP contribution in [0.3, 0.4) is 0 Å². The Hall–Kier alpha value is -2.30. The minimum absolute atomic E-state index is 0.197. The predicted molar refractivity (Wildman–Crippen MR) is 122 cm³/mol. The zero-order valence-corrected chi connectivity index (χ0v) is 18.2. The number of benzene rings is 1. The minimum atomic E-state index is -0.997. The van der Waals surface area contributed by atoms with Crippen molar-refractivity contribution < 1.29 is 14.9 Å². The maximum absolute atomic E-state index is 10.7. The molecule has 0 amide bonds. The fourth-order valence-corrected chi connectivity index (χ4v) is 5.45. The Balaban J connectivity index is 1.34. The molecule has 1 fully saturated rings. The topological polar surface area (TPSA) is 119 Å². The lowest BCUT2D eigenvalue weighted by Crippen LogP contribution is -2.34. The summed E-state index contributed by atoms with van der Waals surface area (Å²) in [4.78, 5) is 12.5. The molecule has 1 aromatic carbocycles. The van der Waals surface area contributed by atoms with Crippen molar-refractivity contribution in [3.8, 4) is 5.75 Å². The highest BCUT2D eigenvalue weighted by Gasteiger charge is 2.44. The van der Waals surface area contributed by atoms with E-state index in [1.54, 1.807) is 35.0 Å². The number of ether oxygens (including phenoxy) is 1. The van der Waals surface area contributed by atoms with E-state index in [1.807, 2.05) is 6.07 Å². The van der Waals surface area contributed by atoms with E-state index in [1.165, 1.54) is 18.1 Å². The van der Waals surface area contributed by atoms with Crippen LogP contribution in [-0.2, 0) is 0 Å². The van der Waals surface area contributed by atoms with Crippen LogP contribution in [0.2, 0.25) is 10.2 Å². The lowest BCUT2D eigenvalue weighted by atomic mass is 10.1. The zero-order valence-electron chi connectivity index (χ0n) is 15.9. The number of nitrogens with zero attached hydrogens (tertiary/aromatic N) is 4. The second-order valence-electron chi connectivity index (χ2n) is 7.19. The van der Waals surface area contributed by atoms with E-state index < -0.39 is 17.6 Å². The Labute approximate surface area is 191 Å². The van der Waals surface area contributed by atoms with Crippen molar-refractivity contribution in [1.29, 1.82) is 0 Å². The van der Waals surface area contributed by atoms with E-state index >= 15 is 0 Å². The van der Waals surface area contributed by atoms with Crippen LogP contribution in [-0.4, -0.2) is 53.8 Å². The monoisotopic (exact) mass is 477 g/mol.